The summed E-state index contributed by atoms with van der Waals surface area (Å²) in [4.78, 5) is 22.3. The summed E-state index contributed by atoms with van der Waals surface area (Å²) in [5.74, 6) is 0.456. The number of hydrogen-bond donors (Lipinski definition) is 2. The summed E-state index contributed by atoms with van der Waals surface area (Å²) < 4.78 is 6.53. The van der Waals surface area contributed by atoms with Gasteiger partial charge in [-0.25, -0.2) is 5.43 Å². The Bertz CT molecular complexity index is 1070. The van der Waals surface area contributed by atoms with Gasteiger partial charge in [-0.05, 0) is 48.5 Å². The molecule has 3 aromatic rings. The van der Waals surface area contributed by atoms with E-state index in [1.165, 1.54) is 18.3 Å². The van der Waals surface area contributed by atoms with Gasteiger partial charge in [0.2, 0.25) is 0 Å². The lowest BCUT2D eigenvalue weighted by Crippen LogP contribution is -2.25. The van der Waals surface area contributed by atoms with Gasteiger partial charge >= 0.3 is 0 Å². The van der Waals surface area contributed by atoms with Crippen LogP contribution in [0.4, 0.5) is 11.4 Å². The van der Waals surface area contributed by atoms with Crippen LogP contribution in [0.2, 0.25) is 5.02 Å². The van der Waals surface area contributed by atoms with E-state index in [0.717, 1.165) is 10.2 Å². The number of carbonyl (C=O) groups is 1. The van der Waals surface area contributed by atoms with Crippen LogP contribution in [0, 0.1) is 10.1 Å². The minimum absolute atomic E-state index is 0.0477. The van der Waals surface area contributed by atoms with Gasteiger partial charge in [0.1, 0.15) is 16.5 Å². The number of rotatable bonds is 7. The number of furan rings is 1. The molecule has 0 atom stereocenters. The van der Waals surface area contributed by atoms with Crippen molar-refractivity contribution in [2.45, 2.75) is 0 Å². The molecule has 0 aliphatic rings. The second-order valence-corrected chi connectivity index (χ2v) is 7.10. The summed E-state index contributed by atoms with van der Waals surface area (Å²) in [6, 6.07) is 15.1. The average molecular weight is 478 g/mol. The van der Waals surface area contributed by atoms with Crippen LogP contribution >= 0.6 is 27.5 Å². The Morgan fingerprint density at radius 1 is 1.21 bits per heavy atom. The first-order valence-corrected chi connectivity index (χ1v) is 9.45. The molecule has 0 saturated carbocycles. The molecule has 8 nitrogen and oxygen atoms in total. The van der Waals surface area contributed by atoms with E-state index >= 15 is 0 Å². The lowest BCUT2D eigenvalue weighted by molar-refractivity contribution is -0.384. The molecule has 2 N–H and O–H groups in total. The Morgan fingerprint density at radius 2 is 1.97 bits per heavy atom. The van der Waals surface area contributed by atoms with Crippen LogP contribution in [-0.4, -0.2) is 23.6 Å². The molecule has 0 radical (unpaired) electrons. The minimum atomic E-state index is -0.561. The van der Waals surface area contributed by atoms with Crippen molar-refractivity contribution in [3.63, 3.8) is 0 Å². The molecule has 10 heteroatoms. The normalized spacial score (nSPS) is 10.8. The van der Waals surface area contributed by atoms with Gasteiger partial charge in [-0.3, -0.25) is 14.9 Å². The first kappa shape index (κ1) is 20.6. The fraction of sp³-hybridized carbons (Fsp3) is 0.0526. The van der Waals surface area contributed by atoms with Crippen LogP contribution in [0.25, 0.3) is 11.3 Å². The molecule has 0 aliphatic heterocycles. The first-order chi connectivity index (χ1) is 13.9. The molecule has 29 heavy (non-hydrogen) atoms. The second kappa shape index (κ2) is 9.35. The van der Waals surface area contributed by atoms with Crippen molar-refractivity contribution in [3.8, 4) is 11.3 Å². The van der Waals surface area contributed by atoms with Crippen LogP contribution in [0.1, 0.15) is 5.76 Å². The van der Waals surface area contributed by atoms with Crippen LogP contribution in [0.5, 0.6) is 0 Å². The molecule has 0 unspecified atom stereocenters. The zero-order valence-corrected chi connectivity index (χ0v) is 17.1. The van der Waals surface area contributed by atoms with E-state index in [1.54, 1.807) is 18.2 Å². The third-order valence-corrected chi connectivity index (χ3v) is 4.58. The van der Waals surface area contributed by atoms with Crippen molar-refractivity contribution in [1.82, 2.24) is 5.43 Å². The van der Waals surface area contributed by atoms with E-state index in [-0.39, 0.29) is 23.2 Å². The smallest absolute Gasteiger partial charge is 0.288 e. The van der Waals surface area contributed by atoms with Crippen LogP contribution < -0.4 is 10.7 Å². The molecule has 0 saturated heterocycles. The SMILES string of the molecule is O=C(CNc1ccc(Br)cc1)N/N=C\c1ccc(-c2ccc(Cl)c([N+](=O)[O-])c2)o1. The highest BCUT2D eigenvalue weighted by Crippen LogP contribution is 2.31. The number of nitrogens with zero attached hydrogens (tertiary/aromatic N) is 2. The number of hydrazone groups is 1. The molecule has 1 aromatic heterocycles. The van der Waals surface area contributed by atoms with E-state index < -0.39 is 4.92 Å². The van der Waals surface area contributed by atoms with Crippen LogP contribution in [-0.2, 0) is 4.79 Å². The van der Waals surface area contributed by atoms with E-state index in [0.29, 0.717) is 17.1 Å². The number of nitro benzene ring substituents is 1. The standard InChI is InChI=1S/C19H14BrClN4O4/c20-13-2-4-14(5-3-13)22-11-19(26)24-23-10-15-6-8-18(29-15)12-1-7-16(21)17(9-12)25(27)28/h1-10,22H,11H2,(H,24,26)/b23-10-. The van der Waals surface area contributed by atoms with Gasteiger partial charge in [-0.1, -0.05) is 27.5 Å². The average Bonchev–Trinajstić information content (AvgIpc) is 3.16. The summed E-state index contributed by atoms with van der Waals surface area (Å²) in [5.41, 5.74) is 3.49. The Balaban J connectivity index is 1.56. The van der Waals surface area contributed by atoms with Crippen molar-refractivity contribution in [3.05, 3.63) is 80.0 Å². The summed E-state index contributed by atoms with van der Waals surface area (Å²) in [6.45, 7) is 0.0524. The lowest BCUT2D eigenvalue weighted by atomic mass is 10.1. The summed E-state index contributed by atoms with van der Waals surface area (Å²) >= 11 is 9.15. The lowest BCUT2D eigenvalue weighted by Gasteiger charge is -2.04. The van der Waals surface area contributed by atoms with Gasteiger partial charge in [0.15, 0.2) is 0 Å². The summed E-state index contributed by atoms with van der Waals surface area (Å²) in [7, 11) is 0. The highest BCUT2D eigenvalue weighted by Gasteiger charge is 2.15. The van der Waals surface area contributed by atoms with E-state index in [9.17, 15) is 14.9 Å². The number of halogens is 2. The predicted octanol–water partition coefficient (Wildman–Crippen LogP) is 4.83. The van der Waals surface area contributed by atoms with Gasteiger partial charge in [0.05, 0.1) is 17.7 Å². The van der Waals surface area contributed by atoms with Crippen molar-refractivity contribution in [2.24, 2.45) is 5.10 Å². The van der Waals surface area contributed by atoms with Crippen molar-refractivity contribution in [2.75, 3.05) is 11.9 Å². The van der Waals surface area contributed by atoms with Gasteiger partial charge in [-0.2, -0.15) is 5.10 Å². The van der Waals surface area contributed by atoms with Crippen molar-refractivity contribution < 1.29 is 14.1 Å². The minimum Gasteiger partial charge on any atom is -0.455 e. The maximum atomic E-state index is 11.8. The zero-order valence-electron chi connectivity index (χ0n) is 14.8. The molecule has 0 spiro atoms. The molecule has 2 aromatic carbocycles. The second-order valence-electron chi connectivity index (χ2n) is 5.78. The predicted molar refractivity (Wildman–Crippen MR) is 114 cm³/mol. The Hall–Kier alpha value is -3.17. The molecular formula is C19H14BrClN4O4. The van der Waals surface area contributed by atoms with Gasteiger partial charge in [0.25, 0.3) is 11.6 Å². The molecule has 0 bridgehead atoms. The molecular weight excluding hydrogens is 464 g/mol. The number of amides is 1. The van der Waals surface area contributed by atoms with E-state index in [2.05, 4.69) is 31.8 Å². The molecule has 0 aliphatic carbocycles. The molecule has 1 heterocycles. The Morgan fingerprint density at radius 3 is 2.69 bits per heavy atom. The molecule has 148 valence electrons. The summed E-state index contributed by atoms with van der Waals surface area (Å²) in [6.07, 6.45) is 1.34. The van der Waals surface area contributed by atoms with Crippen LogP contribution in [0.3, 0.4) is 0 Å². The fourth-order valence-corrected chi connectivity index (χ4v) is 2.79. The van der Waals surface area contributed by atoms with Crippen molar-refractivity contribution >= 4 is 51.0 Å². The first-order valence-electron chi connectivity index (χ1n) is 8.28. The third kappa shape index (κ3) is 5.66. The third-order valence-electron chi connectivity index (χ3n) is 3.73. The molecule has 1 amide bonds. The number of hydrogen-bond acceptors (Lipinski definition) is 6. The Kier molecular flexibility index (Phi) is 6.63. The number of carbonyl (C=O) groups excluding carboxylic acids is 1. The fourth-order valence-electron chi connectivity index (χ4n) is 2.34. The van der Waals surface area contributed by atoms with Gasteiger partial charge < -0.3 is 9.73 Å². The number of benzene rings is 2. The highest BCUT2D eigenvalue weighted by atomic mass is 79.9. The maximum absolute atomic E-state index is 11.8. The molecule has 0 fully saturated rings. The zero-order chi connectivity index (χ0) is 20.8. The van der Waals surface area contributed by atoms with Gasteiger partial charge in [0, 0.05) is 21.8 Å². The highest BCUT2D eigenvalue weighted by molar-refractivity contribution is 9.10. The van der Waals surface area contributed by atoms with Crippen LogP contribution in [0.15, 0.2) is 68.6 Å². The number of nitro groups is 1. The topological polar surface area (TPSA) is 110 Å². The van der Waals surface area contributed by atoms with Crippen molar-refractivity contribution in [1.29, 1.82) is 0 Å². The largest absolute Gasteiger partial charge is 0.455 e. The molecule has 3 rings (SSSR count). The Labute approximate surface area is 178 Å². The number of nitrogens with one attached hydrogen (secondary N) is 2. The number of anilines is 1. The van der Waals surface area contributed by atoms with E-state index in [1.807, 2.05) is 24.3 Å². The maximum Gasteiger partial charge on any atom is 0.288 e. The quantitative estimate of drug-likeness (QED) is 0.288. The summed E-state index contributed by atoms with van der Waals surface area (Å²) in [5, 5.41) is 17.9. The monoisotopic (exact) mass is 476 g/mol. The van der Waals surface area contributed by atoms with Gasteiger partial charge in [-0.15, -0.1) is 0 Å². The van der Waals surface area contributed by atoms with E-state index in [4.69, 9.17) is 16.0 Å².